The number of amides is 1. The topological polar surface area (TPSA) is 68.3 Å². The standard InChI is InChI=1S/C14H24N2O2/c1-5-11-10(4)8-12(18-11)13(17)16-9-14(15,6-2)7-3/h8H,5-7,9,15H2,1-4H3,(H,16,17). The van der Waals surface area contributed by atoms with Crippen molar-refractivity contribution < 1.29 is 9.21 Å². The second-order valence-corrected chi connectivity index (χ2v) is 4.82. The maximum Gasteiger partial charge on any atom is 0.287 e. The van der Waals surface area contributed by atoms with E-state index in [1.165, 1.54) is 0 Å². The Balaban J connectivity index is 2.65. The number of rotatable bonds is 6. The lowest BCUT2D eigenvalue weighted by Crippen LogP contribution is -2.49. The predicted molar refractivity (Wildman–Crippen MR) is 72.7 cm³/mol. The molecule has 1 aromatic rings. The zero-order chi connectivity index (χ0) is 13.8. The Morgan fingerprint density at radius 2 is 2.00 bits per heavy atom. The summed E-state index contributed by atoms with van der Waals surface area (Å²) in [5, 5.41) is 2.85. The highest BCUT2D eigenvalue weighted by molar-refractivity contribution is 5.91. The maximum absolute atomic E-state index is 11.9. The van der Waals surface area contributed by atoms with E-state index >= 15 is 0 Å². The van der Waals surface area contributed by atoms with Crippen LogP contribution in [0.25, 0.3) is 0 Å². The molecular formula is C14H24N2O2. The van der Waals surface area contributed by atoms with Crippen molar-refractivity contribution in [3.63, 3.8) is 0 Å². The summed E-state index contributed by atoms with van der Waals surface area (Å²) in [4.78, 5) is 11.9. The summed E-state index contributed by atoms with van der Waals surface area (Å²) < 4.78 is 5.51. The van der Waals surface area contributed by atoms with Crippen LogP contribution in [-0.2, 0) is 6.42 Å². The third kappa shape index (κ3) is 3.35. The molecule has 102 valence electrons. The van der Waals surface area contributed by atoms with E-state index in [9.17, 15) is 4.79 Å². The first-order valence-electron chi connectivity index (χ1n) is 6.62. The summed E-state index contributed by atoms with van der Waals surface area (Å²) in [5.41, 5.74) is 6.83. The summed E-state index contributed by atoms with van der Waals surface area (Å²) in [6.45, 7) is 8.49. The van der Waals surface area contributed by atoms with Crippen molar-refractivity contribution in [2.24, 2.45) is 5.73 Å². The van der Waals surface area contributed by atoms with Gasteiger partial charge < -0.3 is 15.5 Å². The average molecular weight is 252 g/mol. The van der Waals surface area contributed by atoms with Gasteiger partial charge in [0, 0.05) is 18.5 Å². The number of hydrogen-bond acceptors (Lipinski definition) is 3. The third-order valence-corrected chi connectivity index (χ3v) is 3.57. The van der Waals surface area contributed by atoms with Gasteiger partial charge in [-0.2, -0.15) is 0 Å². The Hall–Kier alpha value is -1.29. The average Bonchev–Trinajstić information content (AvgIpc) is 2.77. The molecule has 0 unspecified atom stereocenters. The fourth-order valence-corrected chi connectivity index (χ4v) is 1.83. The summed E-state index contributed by atoms with van der Waals surface area (Å²) in [5.74, 6) is 1.05. The Morgan fingerprint density at radius 1 is 1.39 bits per heavy atom. The van der Waals surface area contributed by atoms with Crippen molar-refractivity contribution in [3.8, 4) is 0 Å². The van der Waals surface area contributed by atoms with Gasteiger partial charge in [0.15, 0.2) is 5.76 Å². The first-order valence-corrected chi connectivity index (χ1v) is 6.62. The fraction of sp³-hybridized carbons (Fsp3) is 0.643. The molecule has 0 bridgehead atoms. The Kier molecular flexibility index (Phi) is 4.96. The quantitative estimate of drug-likeness (QED) is 0.817. The van der Waals surface area contributed by atoms with Gasteiger partial charge >= 0.3 is 0 Å². The van der Waals surface area contributed by atoms with E-state index in [2.05, 4.69) is 5.32 Å². The molecule has 3 N–H and O–H groups in total. The van der Waals surface area contributed by atoms with Crippen LogP contribution >= 0.6 is 0 Å². The largest absolute Gasteiger partial charge is 0.456 e. The number of furan rings is 1. The Morgan fingerprint density at radius 3 is 2.44 bits per heavy atom. The van der Waals surface area contributed by atoms with Crippen molar-refractivity contribution in [3.05, 3.63) is 23.2 Å². The highest BCUT2D eigenvalue weighted by atomic mass is 16.4. The molecule has 0 aliphatic carbocycles. The number of nitrogens with one attached hydrogen (secondary N) is 1. The molecular weight excluding hydrogens is 228 g/mol. The molecule has 18 heavy (non-hydrogen) atoms. The molecule has 0 saturated carbocycles. The van der Waals surface area contributed by atoms with Crippen LogP contribution in [-0.4, -0.2) is 18.0 Å². The van der Waals surface area contributed by atoms with E-state index in [0.717, 1.165) is 30.6 Å². The molecule has 0 fully saturated rings. The van der Waals surface area contributed by atoms with Gasteiger partial charge in [-0.25, -0.2) is 0 Å². The Bertz CT molecular complexity index is 406. The van der Waals surface area contributed by atoms with E-state index in [1.807, 2.05) is 27.7 Å². The van der Waals surface area contributed by atoms with Crippen LogP contribution in [0.4, 0.5) is 0 Å². The molecule has 1 aromatic heterocycles. The van der Waals surface area contributed by atoms with Crippen LogP contribution in [0, 0.1) is 6.92 Å². The van der Waals surface area contributed by atoms with Crippen molar-refractivity contribution in [1.29, 1.82) is 0 Å². The molecule has 1 heterocycles. The van der Waals surface area contributed by atoms with E-state index < -0.39 is 0 Å². The lowest BCUT2D eigenvalue weighted by Gasteiger charge is -2.26. The zero-order valence-corrected chi connectivity index (χ0v) is 11.8. The second kappa shape index (κ2) is 6.05. The molecule has 4 heteroatoms. The van der Waals surface area contributed by atoms with Crippen molar-refractivity contribution in [1.82, 2.24) is 5.32 Å². The van der Waals surface area contributed by atoms with Gasteiger partial charge in [-0.3, -0.25) is 4.79 Å². The lowest BCUT2D eigenvalue weighted by atomic mass is 9.94. The van der Waals surface area contributed by atoms with Crippen LogP contribution in [0.2, 0.25) is 0 Å². The smallest absolute Gasteiger partial charge is 0.287 e. The Labute approximate surface area is 109 Å². The molecule has 1 rings (SSSR count). The van der Waals surface area contributed by atoms with Crippen LogP contribution in [0.3, 0.4) is 0 Å². The summed E-state index contributed by atoms with van der Waals surface area (Å²) >= 11 is 0. The highest BCUT2D eigenvalue weighted by Crippen LogP contribution is 2.15. The molecule has 0 radical (unpaired) electrons. The molecule has 0 atom stereocenters. The number of carbonyl (C=O) groups is 1. The van der Waals surface area contributed by atoms with E-state index in [4.69, 9.17) is 10.2 Å². The van der Waals surface area contributed by atoms with Gasteiger partial charge in [0.05, 0.1) is 0 Å². The minimum absolute atomic E-state index is 0.186. The van der Waals surface area contributed by atoms with Crippen molar-refractivity contribution in [2.75, 3.05) is 6.54 Å². The monoisotopic (exact) mass is 252 g/mol. The van der Waals surface area contributed by atoms with E-state index in [-0.39, 0.29) is 11.4 Å². The number of nitrogens with two attached hydrogens (primary N) is 1. The minimum Gasteiger partial charge on any atom is -0.456 e. The second-order valence-electron chi connectivity index (χ2n) is 4.82. The number of hydrogen-bond donors (Lipinski definition) is 2. The van der Waals surface area contributed by atoms with Crippen LogP contribution in [0.5, 0.6) is 0 Å². The van der Waals surface area contributed by atoms with E-state index in [1.54, 1.807) is 6.07 Å². The van der Waals surface area contributed by atoms with Gasteiger partial charge in [-0.05, 0) is 31.4 Å². The predicted octanol–water partition coefficient (Wildman–Crippen LogP) is 2.40. The summed E-state index contributed by atoms with van der Waals surface area (Å²) in [6, 6.07) is 1.78. The zero-order valence-electron chi connectivity index (χ0n) is 11.8. The number of carbonyl (C=O) groups excluding carboxylic acids is 1. The maximum atomic E-state index is 11.9. The van der Waals surface area contributed by atoms with Crippen molar-refractivity contribution in [2.45, 2.75) is 52.5 Å². The van der Waals surface area contributed by atoms with Crippen LogP contribution in [0.15, 0.2) is 10.5 Å². The van der Waals surface area contributed by atoms with Gasteiger partial charge in [-0.15, -0.1) is 0 Å². The van der Waals surface area contributed by atoms with Crippen molar-refractivity contribution >= 4 is 5.91 Å². The summed E-state index contributed by atoms with van der Waals surface area (Å²) in [7, 11) is 0. The molecule has 0 saturated heterocycles. The highest BCUT2D eigenvalue weighted by Gasteiger charge is 2.22. The molecule has 0 spiro atoms. The molecule has 0 aromatic carbocycles. The molecule has 0 aliphatic rings. The fourth-order valence-electron chi connectivity index (χ4n) is 1.83. The first-order chi connectivity index (χ1) is 8.45. The van der Waals surface area contributed by atoms with E-state index in [0.29, 0.717) is 12.3 Å². The minimum atomic E-state index is -0.328. The SMILES string of the molecule is CCc1oc(C(=O)NCC(N)(CC)CC)cc1C. The van der Waals surface area contributed by atoms with Gasteiger partial charge in [0.25, 0.3) is 5.91 Å². The molecule has 1 amide bonds. The lowest BCUT2D eigenvalue weighted by molar-refractivity contribution is 0.0912. The molecule has 0 aliphatic heterocycles. The van der Waals surface area contributed by atoms with Gasteiger partial charge in [0.1, 0.15) is 5.76 Å². The molecule has 4 nitrogen and oxygen atoms in total. The van der Waals surface area contributed by atoms with Crippen LogP contribution < -0.4 is 11.1 Å². The van der Waals surface area contributed by atoms with Gasteiger partial charge in [-0.1, -0.05) is 20.8 Å². The first kappa shape index (κ1) is 14.8. The van der Waals surface area contributed by atoms with Crippen LogP contribution in [0.1, 0.15) is 55.5 Å². The number of aryl methyl sites for hydroxylation is 2. The normalized spacial score (nSPS) is 11.6. The summed E-state index contributed by atoms with van der Waals surface area (Å²) in [6.07, 6.45) is 2.46. The third-order valence-electron chi connectivity index (χ3n) is 3.57. The van der Waals surface area contributed by atoms with Gasteiger partial charge in [0.2, 0.25) is 0 Å².